The highest BCUT2D eigenvalue weighted by molar-refractivity contribution is 5.40. The van der Waals surface area contributed by atoms with Crippen LogP contribution in [0.15, 0.2) is 18.2 Å². The Morgan fingerprint density at radius 1 is 1.44 bits per heavy atom. The first kappa shape index (κ1) is 12.8. The highest BCUT2D eigenvalue weighted by Crippen LogP contribution is 2.37. The third-order valence-corrected chi connectivity index (χ3v) is 2.15. The molecule has 1 aromatic rings. The number of alkyl halides is 3. The zero-order valence-electron chi connectivity index (χ0n) is 8.58. The first-order valence-electron chi connectivity index (χ1n) is 4.51. The molecular formula is C10H12F3NO2. The minimum absolute atomic E-state index is 0.218. The molecule has 0 aliphatic rings. The number of aliphatic hydroxyl groups excluding tert-OH is 1. The lowest BCUT2D eigenvalue weighted by Crippen LogP contribution is -2.16. The first-order valence-corrected chi connectivity index (χ1v) is 4.51. The van der Waals surface area contributed by atoms with Gasteiger partial charge >= 0.3 is 6.18 Å². The maximum atomic E-state index is 12.6. The second-order valence-electron chi connectivity index (χ2n) is 3.25. The van der Waals surface area contributed by atoms with Crippen molar-refractivity contribution in [3.05, 3.63) is 29.3 Å². The lowest BCUT2D eigenvalue weighted by atomic mass is 10.0. The van der Waals surface area contributed by atoms with Crippen LogP contribution < -0.4 is 10.5 Å². The SMILES string of the molecule is COc1ccc([C@H](N)CO)cc1C(F)(F)F. The molecule has 0 radical (unpaired) electrons. The van der Waals surface area contributed by atoms with Crippen molar-refractivity contribution < 1.29 is 23.0 Å². The number of rotatable bonds is 3. The Bertz CT molecular complexity index is 366. The number of ether oxygens (including phenoxy) is 1. The molecule has 0 amide bonds. The van der Waals surface area contributed by atoms with E-state index in [1.54, 1.807) is 0 Å². The van der Waals surface area contributed by atoms with Gasteiger partial charge in [0.25, 0.3) is 0 Å². The summed E-state index contributed by atoms with van der Waals surface area (Å²) in [7, 11) is 1.16. The van der Waals surface area contributed by atoms with Crippen molar-refractivity contribution in [3.8, 4) is 5.75 Å². The van der Waals surface area contributed by atoms with Crippen LogP contribution in [0.2, 0.25) is 0 Å². The van der Waals surface area contributed by atoms with Gasteiger partial charge in [0.05, 0.1) is 25.3 Å². The molecular weight excluding hydrogens is 223 g/mol. The van der Waals surface area contributed by atoms with Gasteiger partial charge in [0.1, 0.15) is 5.75 Å². The fourth-order valence-electron chi connectivity index (χ4n) is 1.28. The molecule has 0 saturated carbocycles. The quantitative estimate of drug-likeness (QED) is 0.838. The summed E-state index contributed by atoms with van der Waals surface area (Å²) in [4.78, 5) is 0. The summed E-state index contributed by atoms with van der Waals surface area (Å²) in [6.07, 6.45) is -4.50. The van der Waals surface area contributed by atoms with Crippen molar-refractivity contribution in [1.29, 1.82) is 0 Å². The Kier molecular flexibility index (Phi) is 3.77. The van der Waals surface area contributed by atoms with Gasteiger partial charge in [-0.2, -0.15) is 13.2 Å². The van der Waals surface area contributed by atoms with E-state index in [9.17, 15) is 13.2 Å². The third-order valence-electron chi connectivity index (χ3n) is 2.15. The largest absolute Gasteiger partial charge is 0.496 e. The Labute approximate surface area is 90.6 Å². The lowest BCUT2D eigenvalue weighted by Gasteiger charge is -2.15. The molecule has 3 nitrogen and oxygen atoms in total. The van der Waals surface area contributed by atoms with E-state index in [4.69, 9.17) is 10.8 Å². The topological polar surface area (TPSA) is 55.5 Å². The molecule has 1 atom stereocenters. The predicted octanol–water partition coefficient (Wildman–Crippen LogP) is 1.71. The number of methoxy groups -OCH3 is 1. The molecule has 0 fully saturated rings. The van der Waals surface area contributed by atoms with Crippen molar-refractivity contribution in [3.63, 3.8) is 0 Å². The van der Waals surface area contributed by atoms with Gasteiger partial charge in [-0.15, -0.1) is 0 Å². The molecule has 1 rings (SSSR count). The fourth-order valence-corrected chi connectivity index (χ4v) is 1.28. The summed E-state index contributed by atoms with van der Waals surface area (Å²) in [5.74, 6) is -0.263. The summed E-state index contributed by atoms with van der Waals surface area (Å²) in [5.41, 5.74) is 4.77. The number of nitrogens with two attached hydrogens (primary N) is 1. The Balaban J connectivity index is 3.22. The van der Waals surface area contributed by atoms with Crippen LogP contribution >= 0.6 is 0 Å². The van der Waals surface area contributed by atoms with Crippen LogP contribution in [0, 0.1) is 0 Å². The molecule has 0 bridgehead atoms. The Morgan fingerprint density at radius 2 is 2.06 bits per heavy atom. The zero-order valence-corrected chi connectivity index (χ0v) is 8.58. The average molecular weight is 235 g/mol. The van der Waals surface area contributed by atoms with Crippen LogP contribution in [0.5, 0.6) is 5.75 Å². The number of aliphatic hydroxyl groups is 1. The van der Waals surface area contributed by atoms with Crippen LogP contribution in [-0.4, -0.2) is 18.8 Å². The van der Waals surface area contributed by atoms with E-state index in [1.807, 2.05) is 0 Å². The molecule has 90 valence electrons. The second-order valence-corrected chi connectivity index (χ2v) is 3.25. The number of halogens is 3. The first-order chi connectivity index (χ1) is 7.40. The van der Waals surface area contributed by atoms with E-state index in [0.717, 1.165) is 13.2 Å². The Hall–Kier alpha value is -1.27. The molecule has 0 aliphatic carbocycles. The number of benzene rings is 1. The highest BCUT2D eigenvalue weighted by atomic mass is 19.4. The van der Waals surface area contributed by atoms with Crippen molar-refractivity contribution in [2.45, 2.75) is 12.2 Å². The Morgan fingerprint density at radius 3 is 2.50 bits per heavy atom. The summed E-state index contributed by atoms with van der Waals surface area (Å²) >= 11 is 0. The molecule has 16 heavy (non-hydrogen) atoms. The van der Waals surface area contributed by atoms with Crippen LogP contribution in [0.1, 0.15) is 17.2 Å². The van der Waals surface area contributed by atoms with Gasteiger partial charge in [-0.1, -0.05) is 6.07 Å². The van der Waals surface area contributed by atoms with E-state index in [2.05, 4.69) is 4.74 Å². The number of hydrogen-bond donors (Lipinski definition) is 2. The average Bonchev–Trinajstić information content (AvgIpc) is 2.26. The number of hydrogen-bond acceptors (Lipinski definition) is 3. The van der Waals surface area contributed by atoms with E-state index in [0.29, 0.717) is 0 Å². The minimum Gasteiger partial charge on any atom is -0.496 e. The molecule has 0 unspecified atom stereocenters. The van der Waals surface area contributed by atoms with Gasteiger partial charge in [-0.25, -0.2) is 0 Å². The lowest BCUT2D eigenvalue weighted by molar-refractivity contribution is -0.138. The van der Waals surface area contributed by atoms with Crippen LogP contribution in [0.3, 0.4) is 0 Å². The third kappa shape index (κ3) is 2.65. The van der Waals surface area contributed by atoms with Gasteiger partial charge in [-0.05, 0) is 17.7 Å². The predicted molar refractivity (Wildman–Crippen MR) is 52.0 cm³/mol. The van der Waals surface area contributed by atoms with Crippen molar-refractivity contribution in [1.82, 2.24) is 0 Å². The van der Waals surface area contributed by atoms with Gasteiger partial charge < -0.3 is 15.6 Å². The summed E-state index contributed by atoms with van der Waals surface area (Å²) < 4.78 is 42.4. The summed E-state index contributed by atoms with van der Waals surface area (Å²) in [6.45, 7) is -0.413. The van der Waals surface area contributed by atoms with E-state index >= 15 is 0 Å². The minimum atomic E-state index is -4.50. The maximum absolute atomic E-state index is 12.6. The molecule has 0 aliphatic heterocycles. The van der Waals surface area contributed by atoms with Gasteiger partial charge in [0, 0.05) is 0 Å². The molecule has 0 aromatic heterocycles. The molecule has 1 aromatic carbocycles. The zero-order chi connectivity index (χ0) is 12.3. The van der Waals surface area contributed by atoms with Gasteiger partial charge in [0.2, 0.25) is 0 Å². The monoisotopic (exact) mass is 235 g/mol. The molecule has 0 saturated heterocycles. The van der Waals surface area contributed by atoms with Gasteiger partial charge in [0.15, 0.2) is 0 Å². The van der Waals surface area contributed by atoms with Crippen LogP contribution in [0.25, 0.3) is 0 Å². The molecule has 0 heterocycles. The van der Waals surface area contributed by atoms with E-state index in [1.165, 1.54) is 12.1 Å². The van der Waals surface area contributed by atoms with E-state index in [-0.39, 0.29) is 11.3 Å². The van der Waals surface area contributed by atoms with Crippen LogP contribution in [0.4, 0.5) is 13.2 Å². The molecule has 3 N–H and O–H groups in total. The molecule has 6 heteroatoms. The maximum Gasteiger partial charge on any atom is 0.419 e. The van der Waals surface area contributed by atoms with Crippen molar-refractivity contribution in [2.24, 2.45) is 5.73 Å². The summed E-state index contributed by atoms with van der Waals surface area (Å²) in [5, 5.41) is 8.77. The van der Waals surface area contributed by atoms with Crippen molar-refractivity contribution >= 4 is 0 Å². The van der Waals surface area contributed by atoms with E-state index < -0.39 is 24.4 Å². The molecule has 0 spiro atoms. The normalized spacial score (nSPS) is 13.6. The smallest absolute Gasteiger partial charge is 0.419 e. The fraction of sp³-hybridized carbons (Fsp3) is 0.400. The van der Waals surface area contributed by atoms with Gasteiger partial charge in [-0.3, -0.25) is 0 Å². The summed E-state index contributed by atoms with van der Waals surface area (Å²) in [6, 6.07) is 2.65. The van der Waals surface area contributed by atoms with Crippen molar-refractivity contribution in [2.75, 3.05) is 13.7 Å². The van der Waals surface area contributed by atoms with Crippen LogP contribution in [-0.2, 0) is 6.18 Å². The standard InChI is InChI=1S/C10H12F3NO2/c1-16-9-3-2-6(8(14)5-15)4-7(9)10(11,12)13/h2-4,8,15H,5,14H2,1H3/t8-/m1/s1. The second kappa shape index (κ2) is 4.71. The highest BCUT2D eigenvalue weighted by Gasteiger charge is 2.34.